The Balaban J connectivity index is 1.50. The number of carbonyl (C=O) groups excluding carboxylic acids is 6. The van der Waals surface area contributed by atoms with Crippen LogP contribution in [0.3, 0.4) is 0 Å². The number of piperidine rings is 1. The molecular weight excluding hydrogens is 572 g/mol. The molecule has 1 unspecified atom stereocenters. The molecule has 3 fully saturated rings. The lowest BCUT2D eigenvalue weighted by Crippen LogP contribution is -2.60. The van der Waals surface area contributed by atoms with Crippen molar-refractivity contribution in [2.45, 2.75) is 98.7 Å². The lowest BCUT2D eigenvalue weighted by atomic mass is 9.84. The number of ketones is 3. The topological polar surface area (TPSA) is 156 Å². The Kier molecular flexibility index (Phi) is 9.95. The molecule has 6 atom stereocenters. The van der Waals surface area contributed by atoms with E-state index in [1.54, 1.807) is 29.2 Å². The minimum Gasteiger partial charge on any atom is -0.363 e. The summed E-state index contributed by atoms with van der Waals surface area (Å²) in [6.45, 7) is 13.9. The highest BCUT2D eigenvalue weighted by molar-refractivity contribution is 6.36. The van der Waals surface area contributed by atoms with Crippen molar-refractivity contribution in [2.75, 3.05) is 6.54 Å². The summed E-state index contributed by atoms with van der Waals surface area (Å²) >= 11 is 0. The highest BCUT2D eigenvalue weighted by Gasteiger charge is 2.69. The summed E-state index contributed by atoms with van der Waals surface area (Å²) in [5.74, 6) is -2.92. The van der Waals surface area contributed by atoms with Crippen LogP contribution in [0, 0.1) is 40.4 Å². The summed E-state index contributed by atoms with van der Waals surface area (Å²) in [5.41, 5.74) is 5.05. The van der Waals surface area contributed by atoms with Gasteiger partial charge in [-0.2, -0.15) is 0 Å². The molecular formula is C35H50N4O6. The van der Waals surface area contributed by atoms with E-state index in [4.69, 9.17) is 5.73 Å². The number of nitrogens with two attached hydrogens (primary N) is 1. The molecule has 1 heterocycles. The summed E-state index contributed by atoms with van der Waals surface area (Å²) in [5, 5.41) is 5.78. The van der Waals surface area contributed by atoms with Crippen molar-refractivity contribution in [1.82, 2.24) is 15.5 Å². The van der Waals surface area contributed by atoms with Gasteiger partial charge >= 0.3 is 6.03 Å². The van der Waals surface area contributed by atoms with Crippen LogP contribution in [0.15, 0.2) is 30.3 Å². The molecule has 4 amide bonds. The van der Waals surface area contributed by atoms with Crippen LogP contribution < -0.4 is 16.4 Å². The average molecular weight is 623 g/mol. The van der Waals surface area contributed by atoms with Crippen LogP contribution in [0.2, 0.25) is 0 Å². The van der Waals surface area contributed by atoms with Gasteiger partial charge in [-0.05, 0) is 40.9 Å². The van der Waals surface area contributed by atoms with E-state index in [1.165, 1.54) is 0 Å². The molecule has 4 rings (SSSR count). The molecule has 246 valence electrons. The van der Waals surface area contributed by atoms with E-state index in [9.17, 15) is 28.8 Å². The number of rotatable bonds is 14. The summed E-state index contributed by atoms with van der Waals surface area (Å²) in [6, 6.07) is 6.17. The fraction of sp³-hybridized carbons (Fsp3) is 0.657. The van der Waals surface area contributed by atoms with Crippen molar-refractivity contribution in [3.05, 3.63) is 35.9 Å². The molecule has 2 saturated carbocycles. The molecule has 4 N–H and O–H groups in total. The minimum atomic E-state index is -1.04. The van der Waals surface area contributed by atoms with Crippen LogP contribution in [0.25, 0.3) is 0 Å². The Morgan fingerprint density at radius 1 is 0.978 bits per heavy atom. The molecule has 3 aliphatic rings. The van der Waals surface area contributed by atoms with Gasteiger partial charge in [0.25, 0.3) is 5.91 Å². The SMILES string of the molecule is CC(C)[C@@H](CC(=O)c1ccccc1)NC(=O)N[C@H](C(=O)N1C[C@H]2[C@@H]([C@H]1C(=O)CC(CC1CC1)C(=O)C(N)=O)C2(C)C)C(C)(C)C. The van der Waals surface area contributed by atoms with Crippen molar-refractivity contribution in [1.29, 1.82) is 0 Å². The van der Waals surface area contributed by atoms with Crippen LogP contribution in [0.1, 0.15) is 90.9 Å². The normalized spacial score (nSPS) is 23.8. The number of fused-ring (bicyclic) bond motifs is 1. The highest BCUT2D eigenvalue weighted by Crippen LogP contribution is 2.65. The van der Waals surface area contributed by atoms with Crippen molar-refractivity contribution >= 4 is 35.2 Å². The van der Waals surface area contributed by atoms with Gasteiger partial charge in [0, 0.05) is 36.9 Å². The molecule has 0 aromatic heterocycles. The highest BCUT2D eigenvalue weighted by atomic mass is 16.2. The molecule has 2 aliphatic carbocycles. The lowest BCUT2D eigenvalue weighted by Gasteiger charge is -2.38. The number of benzene rings is 1. The van der Waals surface area contributed by atoms with E-state index < -0.39 is 47.2 Å². The predicted molar refractivity (Wildman–Crippen MR) is 170 cm³/mol. The van der Waals surface area contributed by atoms with Crippen LogP contribution in [-0.4, -0.2) is 64.8 Å². The molecule has 0 bridgehead atoms. The van der Waals surface area contributed by atoms with Gasteiger partial charge < -0.3 is 21.3 Å². The number of hydrogen-bond donors (Lipinski definition) is 3. The maximum atomic E-state index is 14.3. The number of primary amides is 1. The largest absolute Gasteiger partial charge is 0.363 e. The number of hydrogen-bond acceptors (Lipinski definition) is 6. The van der Waals surface area contributed by atoms with Gasteiger partial charge in [-0.1, -0.05) is 91.6 Å². The van der Waals surface area contributed by atoms with Crippen molar-refractivity contribution in [3.63, 3.8) is 0 Å². The number of nitrogens with one attached hydrogen (secondary N) is 2. The summed E-state index contributed by atoms with van der Waals surface area (Å²) in [7, 11) is 0. The maximum absolute atomic E-state index is 14.3. The zero-order chi connectivity index (χ0) is 33.4. The molecule has 0 spiro atoms. The third kappa shape index (κ3) is 7.82. The van der Waals surface area contributed by atoms with Gasteiger partial charge in [-0.3, -0.25) is 24.0 Å². The summed E-state index contributed by atoms with van der Waals surface area (Å²) in [6.07, 6.45) is 2.34. The van der Waals surface area contributed by atoms with Crippen molar-refractivity contribution in [3.8, 4) is 0 Å². The number of amides is 4. The molecule has 0 radical (unpaired) electrons. The maximum Gasteiger partial charge on any atom is 0.315 e. The minimum absolute atomic E-state index is 0.0474. The Labute approximate surface area is 266 Å². The van der Waals surface area contributed by atoms with E-state index in [0.717, 1.165) is 12.8 Å². The average Bonchev–Trinajstić information content (AvgIpc) is 3.81. The van der Waals surface area contributed by atoms with Gasteiger partial charge in [-0.15, -0.1) is 0 Å². The molecule has 45 heavy (non-hydrogen) atoms. The van der Waals surface area contributed by atoms with Crippen LogP contribution >= 0.6 is 0 Å². The van der Waals surface area contributed by atoms with Crippen LogP contribution in [0.4, 0.5) is 4.79 Å². The van der Waals surface area contributed by atoms with Crippen LogP contribution in [-0.2, 0) is 19.2 Å². The van der Waals surface area contributed by atoms with Crippen molar-refractivity contribution < 1.29 is 28.8 Å². The van der Waals surface area contributed by atoms with E-state index in [1.807, 2.05) is 40.7 Å². The Morgan fingerprint density at radius 2 is 1.60 bits per heavy atom. The number of likely N-dealkylation sites (tertiary alicyclic amines) is 1. The first-order chi connectivity index (χ1) is 20.9. The van der Waals surface area contributed by atoms with Gasteiger partial charge in [0.2, 0.25) is 11.7 Å². The monoisotopic (exact) mass is 622 g/mol. The molecule has 10 nitrogen and oxygen atoms in total. The van der Waals surface area contributed by atoms with E-state index in [2.05, 4.69) is 24.5 Å². The van der Waals surface area contributed by atoms with Gasteiger partial charge in [0.05, 0.1) is 6.04 Å². The third-order valence-corrected chi connectivity index (χ3v) is 10.2. The fourth-order valence-electron chi connectivity index (χ4n) is 7.04. The first kappa shape index (κ1) is 34.3. The second-order valence-corrected chi connectivity index (χ2v) is 15.4. The smallest absolute Gasteiger partial charge is 0.315 e. The van der Waals surface area contributed by atoms with Crippen LogP contribution in [0.5, 0.6) is 0 Å². The quantitative estimate of drug-likeness (QED) is 0.211. The molecule has 1 aliphatic heterocycles. The van der Waals surface area contributed by atoms with E-state index in [0.29, 0.717) is 24.4 Å². The molecule has 1 aromatic rings. The predicted octanol–water partition coefficient (Wildman–Crippen LogP) is 3.91. The third-order valence-electron chi connectivity index (χ3n) is 10.2. The number of Topliss-reactive ketones (excluding diaryl/α,β-unsaturated/α-hetero) is 3. The number of carbonyl (C=O) groups is 6. The Hall–Kier alpha value is -3.56. The first-order valence-corrected chi connectivity index (χ1v) is 16.3. The second-order valence-electron chi connectivity index (χ2n) is 15.4. The van der Waals surface area contributed by atoms with E-state index >= 15 is 0 Å². The number of urea groups is 1. The first-order valence-electron chi connectivity index (χ1n) is 16.3. The molecule has 1 aromatic carbocycles. The Bertz CT molecular complexity index is 1330. The van der Waals surface area contributed by atoms with Crippen molar-refractivity contribution in [2.24, 2.45) is 46.2 Å². The standard InChI is InChI=1S/C35H50N4O6/c1-19(2)24(17-25(40)21-11-9-8-10-12-21)37-33(45)38-30(34(3,4)5)32(44)39-18-23-27(35(23,6)7)28(39)26(41)16-22(15-20-13-14-20)29(42)31(36)43/h8-12,19-20,22-24,27-28,30H,13-18H2,1-7H3,(H2,36,43)(H2,37,38,45)/t22?,23-,24+,27-,28+,30+/m0/s1. The summed E-state index contributed by atoms with van der Waals surface area (Å²) < 4.78 is 0. The zero-order valence-corrected chi connectivity index (χ0v) is 27.7. The summed E-state index contributed by atoms with van der Waals surface area (Å²) in [4.78, 5) is 80.5. The second kappa shape index (κ2) is 13.0. The van der Waals surface area contributed by atoms with Gasteiger partial charge in [0.15, 0.2) is 11.6 Å². The van der Waals surface area contributed by atoms with E-state index in [-0.39, 0.29) is 53.5 Å². The Morgan fingerprint density at radius 3 is 2.13 bits per heavy atom. The van der Waals surface area contributed by atoms with Gasteiger partial charge in [-0.25, -0.2) is 4.79 Å². The lowest BCUT2D eigenvalue weighted by molar-refractivity contribution is -0.144. The zero-order valence-electron chi connectivity index (χ0n) is 27.7. The molecule has 10 heteroatoms. The van der Waals surface area contributed by atoms with Gasteiger partial charge in [0.1, 0.15) is 6.04 Å². The fourth-order valence-corrected chi connectivity index (χ4v) is 7.04. The number of nitrogens with zero attached hydrogens (tertiary/aromatic N) is 1. The molecule has 1 saturated heterocycles.